The van der Waals surface area contributed by atoms with Crippen LogP contribution in [-0.4, -0.2) is 20.3 Å². The van der Waals surface area contributed by atoms with Gasteiger partial charge in [-0.05, 0) is 29.8 Å². The molecule has 0 saturated heterocycles. The Morgan fingerprint density at radius 2 is 1.78 bits per heavy atom. The van der Waals surface area contributed by atoms with Gasteiger partial charge in [-0.1, -0.05) is 24.3 Å². The summed E-state index contributed by atoms with van der Waals surface area (Å²) in [6.45, 7) is 0. The van der Waals surface area contributed by atoms with Crippen molar-refractivity contribution in [3.05, 3.63) is 54.1 Å². The Morgan fingerprint density at radius 1 is 1.06 bits per heavy atom. The summed E-state index contributed by atoms with van der Waals surface area (Å²) in [4.78, 5) is 6.32. The van der Waals surface area contributed by atoms with Gasteiger partial charge in [-0.15, -0.1) is 5.75 Å². The molecule has 0 aliphatic carbocycles. The number of aliphatic imine (C=N–C) groups is 1. The highest BCUT2D eigenvalue weighted by Crippen LogP contribution is 2.17. The summed E-state index contributed by atoms with van der Waals surface area (Å²) in [5.41, 5.74) is 2.84. The molecule has 0 aromatic heterocycles. The van der Waals surface area contributed by atoms with Crippen molar-refractivity contribution < 1.29 is 5.11 Å². The Labute approximate surface area is 107 Å². The zero-order valence-electron chi connectivity index (χ0n) is 10.5. The van der Waals surface area contributed by atoms with E-state index in [0.29, 0.717) is 5.69 Å². The lowest BCUT2D eigenvalue weighted by molar-refractivity contribution is -0.268. The molecular formula is C15H15N2O-. The summed E-state index contributed by atoms with van der Waals surface area (Å²) in [5, 5.41) is 11.1. The van der Waals surface area contributed by atoms with Gasteiger partial charge in [0, 0.05) is 26.0 Å². The quantitative estimate of drug-likeness (QED) is 0.772. The predicted octanol–water partition coefficient (Wildman–Crippen LogP) is 2.58. The maximum atomic E-state index is 11.1. The Kier molecular flexibility index (Phi) is 3.63. The average molecular weight is 239 g/mol. The van der Waals surface area contributed by atoms with Crippen LogP contribution in [0.2, 0.25) is 0 Å². The van der Waals surface area contributed by atoms with Gasteiger partial charge in [0.2, 0.25) is 0 Å². The van der Waals surface area contributed by atoms with Gasteiger partial charge in [0.25, 0.3) is 0 Å². The molecule has 0 saturated carbocycles. The van der Waals surface area contributed by atoms with E-state index < -0.39 is 0 Å². The van der Waals surface area contributed by atoms with Gasteiger partial charge in [0.15, 0.2) is 0 Å². The molecule has 2 aromatic rings. The van der Waals surface area contributed by atoms with E-state index in [1.807, 2.05) is 49.3 Å². The number of anilines is 1. The average Bonchev–Trinajstić information content (AvgIpc) is 2.37. The molecule has 0 aliphatic heterocycles. The van der Waals surface area contributed by atoms with Gasteiger partial charge in [0.1, 0.15) is 0 Å². The second kappa shape index (κ2) is 5.36. The van der Waals surface area contributed by atoms with E-state index >= 15 is 0 Å². The topological polar surface area (TPSA) is 38.7 Å². The van der Waals surface area contributed by atoms with Crippen molar-refractivity contribution in [2.75, 3.05) is 19.0 Å². The highest BCUT2D eigenvalue weighted by atomic mass is 16.3. The first-order valence-corrected chi connectivity index (χ1v) is 5.74. The summed E-state index contributed by atoms with van der Waals surface area (Å²) in [7, 11) is 4.01. The molecule has 2 aromatic carbocycles. The van der Waals surface area contributed by atoms with Crippen LogP contribution >= 0.6 is 0 Å². The fourth-order valence-corrected chi connectivity index (χ4v) is 1.57. The normalized spacial score (nSPS) is 10.8. The number of nitrogens with zero attached hydrogens (tertiary/aromatic N) is 2. The summed E-state index contributed by atoms with van der Waals surface area (Å²) >= 11 is 0. The van der Waals surface area contributed by atoms with Crippen LogP contribution in [0.1, 0.15) is 5.56 Å². The van der Waals surface area contributed by atoms with E-state index in [-0.39, 0.29) is 5.75 Å². The molecule has 0 aliphatic rings. The number of rotatable bonds is 3. The lowest BCUT2D eigenvalue weighted by atomic mass is 10.2. The SMILES string of the molecule is CN(C)c1ccc(C=Nc2cccc([O-])c2)cc1. The summed E-state index contributed by atoms with van der Waals surface area (Å²) < 4.78 is 0. The van der Waals surface area contributed by atoms with Crippen molar-refractivity contribution >= 4 is 17.6 Å². The van der Waals surface area contributed by atoms with E-state index in [4.69, 9.17) is 0 Å². The third kappa shape index (κ3) is 3.10. The van der Waals surface area contributed by atoms with E-state index in [9.17, 15) is 5.11 Å². The van der Waals surface area contributed by atoms with Gasteiger partial charge in [0.05, 0.1) is 5.69 Å². The fourth-order valence-electron chi connectivity index (χ4n) is 1.57. The van der Waals surface area contributed by atoms with Crippen LogP contribution < -0.4 is 10.0 Å². The van der Waals surface area contributed by atoms with Crippen molar-refractivity contribution in [1.29, 1.82) is 0 Å². The molecule has 0 amide bonds. The lowest BCUT2D eigenvalue weighted by Gasteiger charge is -2.11. The molecule has 3 heteroatoms. The molecule has 2 rings (SSSR count). The van der Waals surface area contributed by atoms with Gasteiger partial charge in [-0.3, -0.25) is 4.99 Å². The van der Waals surface area contributed by atoms with Crippen LogP contribution in [0.25, 0.3) is 0 Å². The summed E-state index contributed by atoms with van der Waals surface area (Å²) in [6.07, 6.45) is 1.76. The highest BCUT2D eigenvalue weighted by molar-refractivity contribution is 5.82. The summed E-state index contributed by atoms with van der Waals surface area (Å²) in [6, 6.07) is 14.6. The zero-order valence-corrected chi connectivity index (χ0v) is 10.5. The Bertz CT molecular complexity index is 545. The van der Waals surface area contributed by atoms with Crippen LogP contribution in [0.5, 0.6) is 5.75 Å². The minimum absolute atomic E-state index is 0.0207. The van der Waals surface area contributed by atoms with Crippen LogP contribution in [0.4, 0.5) is 11.4 Å². The molecule has 0 bridgehead atoms. The molecule has 0 N–H and O–H groups in total. The molecule has 92 valence electrons. The minimum atomic E-state index is -0.0207. The smallest absolute Gasteiger partial charge is 0.0623 e. The number of hydrogen-bond donors (Lipinski definition) is 0. The molecule has 3 nitrogen and oxygen atoms in total. The van der Waals surface area contributed by atoms with Crippen LogP contribution in [0.15, 0.2) is 53.5 Å². The number of benzene rings is 2. The van der Waals surface area contributed by atoms with E-state index in [1.54, 1.807) is 12.3 Å². The Hall–Kier alpha value is -2.29. The third-order valence-corrected chi connectivity index (χ3v) is 2.59. The molecule has 0 radical (unpaired) electrons. The Balaban J connectivity index is 2.14. The second-order valence-corrected chi connectivity index (χ2v) is 4.24. The first kappa shape index (κ1) is 12.2. The van der Waals surface area contributed by atoms with E-state index in [2.05, 4.69) is 4.99 Å². The zero-order chi connectivity index (χ0) is 13.0. The van der Waals surface area contributed by atoms with E-state index in [0.717, 1.165) is 11.3 Å². The van der Waals surface area contributed by atoms with Crippen molar-refractivity contribution in [2.45, 2.75) is 0 Å². The van der Waals surface area contributed by atoms with Crippen LogP contribution in [0, 0.1) is 0 Å². The molecule has 0 heterocycles. The molecule has 0 unspecified atom stereocenters. The van der Waals surface area contributed by atoms with Crippen LogP contribution in [-0.2, 0) is 0 Å². The molecule has 0 atom stereocenters. The third-order valence-electron chi connectivity index (χ3n) is 2.59. The molecule has 18 heavy (non-hydrogen) atoms. The monoisotopic (exact) mass is 239 g/mol. The van der Waals surface area contributed by atoms with Crippen molar-refractivity contribution in [1.82, 2.24) is 0 Å². The maximum absolute atomic E-state index is 11.1. The second-order valence-electron chi connectivity index (χ2n) is 4.24. The fraction of sp³-hybridized carbons (Fsp3) is 0.133. The largest absolute Gasteiger partial charge is 0.872 e. The summed E-state index contributed by atoms with van der Waals surface area (Å²) in [5.74, 6) is -0.0207. The molecular weight excluding hydrogens is 224 g/mol. The predicted molar refractivity (Wildman–Crippen MR) is 73.9 cm³/mol. The Morgan fingerprint density at radius 3 is 2.39 bits per heavy atom. The standard InChI is InChI=1S/C15H16N2O/c1-17(2)14-8-6-12(7-9-14)11-16-13-4-3-5-15(18)10-13/h3-11,18H,1-2H3/p-1. The van der Waals surface area contributed by atoms with Gasteiger partial charge in [-0.2, -0.15) is 0 Å². The molecule has 0 spiro atoms. The van der Waals surface area contributed by atoms with Crippen LogP contribution in [0.3, 0.4) is 0 Å². The molecule has 0 fully saturated rings. The van der Waals surface area contributed by atoms with Crippen molar-refractivity contribution in [2.24, 2.45) is 4.99 Å². The van der Waals surface area contributed by atoms with E-state index in [1.165, 1.54) is 12.1 Å². The van der Waals surface area contributed by atoms with Crippen molar-refractivity contribution in [3.8, 4) is 5.75 Å². The van der Waals surface area contributed by atoms with Crippen molar-refractivity contribution in [3.63, 3.8) is 0 Å². The first-order chi connectivity index (χ1) is 8.65. The van der Waals surface area contributed by atoms with Gasteiger partial charge in [-0.25, -0.2) is 0 Å². The lowest BCUT2D eigenvalue weighted by Crippen LogP contribution is -2.08. The first-order valence-electron chi connectivity index (χ1n) is 5.74. The van der Waals surface area contributed by atoms with Gasteiger partial charge >= 0.3 is 0 Å². The maximum Gasteiger partial charge on any atom is 0.0623 e. The number of hydrogen-bond acceptors (Lipinski definition) is 3. The highest BCUT2D eigenvalue weighted by Gasteiger charge is 1.94. The minimum Gasteiger partial charge on any atom is -0.872 e. The van der Waals surface area contributed by atoms with Gasteiger partial charge < -0.3 is 10.0 Å².